The first-order chi connectivity index (χ1) is 62.1. The van der Waals surface area contributed by atoms with Gasteiger partial charge in [-0.15, -0.1) is 0 Å². The van der Waals surface area contributed by atoms with Crippen LogP contribution in [0.2, 0.25) is 0 Å². The minimum Gasteiger partial charge on any atom is -0.255 e. The zero-order valence-electron chi connectivity index (χ0n) is 78.1. The third-order valence-corrected chi connectivity index (χ3v) is 22.5. The van der Waals surface area contributed by atoms with Crippen LogP contribution in [-0.4, -0.2) is 21.5 Å². The third-order valence-electron chi connectivity index (χ3n) is 22.5. The highest BCUT2D eigenvalue weighted by molar-refractivity contribution is 5.67. The van der Waals surface area contributed by atoms with Gasteiger partial charge in [0, 0.05) is 0 Å². The van der Waals surface area contributed by atoms with E-state index in [-0.39, 0.29) is 0 Å². The molecule has 0 aliphatic rings. The van der Waals surface area contributed by atoms with Gasteiger partial charge >= 0.3 is 0 Å². The minimum absolute atomic E-state index is 0.500. The Bertz CT molecular complexity index is 4360. The van der Waals surface area contributed by atoms with Gasteiger partial charge in [0.2, 0.25) is 0 Å². The molecule has 0 saturated heterocycles. The smallest absolute Gasteiger partial charge is 0.0785 e. The summed E-state index contributed by atoms with van der Waals surface area (Å²) in [6.07, 6.45) is 61.5. The lowest BCUT2D eigenvalue weighted by molar-refractivity contribution is 0.635. The van der Waals surface area contributed by atoms with Gasteiger partial charge in [0.15, 0.2) is 0 Å². The molecule has 0 spiro atoms. The van der Waals surface area contributed by atoms with Crippen molar-refractivity contribution in [2.75, 3.05) is 21.5 Å². The minimum atomic E-state index is 0.500. The summed E-state index contributed by atoms with van der Waals surface area (Å²) in [6, 6.07) is 109. The van der Waals surface area contributed by atoms with Crippen molar-refractivity contribution in [1.29, 1.82) is 0 Å². The fourth-order valence-corrected chi connectivity index (χ4v) is 14.9. The summed E-state index contributed by atoms with van der Waals surface area (Å²) >= 11 is 0. The summed E-state index contributed by atoms with van der Waals surface area (Å²) in [7, 11) is 1.50. The summed E-state index contributed by atoms with van der Waals surface area (Å²) < 4.78 is 28.5. The van der Waals surface area contributed by atoms with Crippen molar-refractivity contribution < 1.29 is 13.2 Å². The molecule has 3 heteroatoms. The monoisotopic (exact) mass is 1680 g/mol. The van der Waals surface area contributed by atoms with Crippen molar-refractivity contribution in [2.24, 2.45) is 0 Å². The van der Waals surface area contributed by atoms with E-state index in [0.29, 0.717) is 21.5 Å². The molecule has 0 heterocycles. The van der Waals surface area contributed by atoms with Crippen LogP contribution in [0.5, 0.6) is 0 Å². The maximum atomic E-state index is 9.50. The Labute approximate surface area is 761 Å². The van der Waals surface area contributed by atoms with Crippen molar-refractivity contribution in [2.45, 2.75) is 209 Å². The Morgan fingerprint density at radius 2 is 0.190 bits per heavy atom. The number of alkyl halides is 3. The van der Waals surface area contributed by atoms with Crippen molar-refractivity contribution in [3.8, 4) is 44.5 Å². The number of benzene rings is 12. The predicted molar refractivity (Wildman–Crippen MR) is 549 cm³/mol. The number of hydrogen-bond donors (Lipinski definition) is 0. The molecule has 0 N–H and O–H groups in total. The lowest BCUT2D eigenvalue weighted by Crippen LogP contribution is -1.92. The molecular weight excluding hydrogens is 1530 g/mol. The van der Waals surface area contributed by atoms with E-state index in [0.717, 1.165) is 154 Å². The second-order valence-electron chi connectivity index (χ2n) is 31.7. The van der Waals surface area contributed by atoms with E-state index in [9.17, 15) is 13.2 Å². The highest BCUT2D eigenvalue weighted by Gasteiger charge is 2.08. The first kappa shape index (κ1) is 103. The lowest BCUT2D eigenvalue weighted by atomic mass is 9.98. The van der Waals surface area contributed by atoms with Gasteiger partial charge in [-0.05, 0) is 343 Å². The normalized spacial score (nSPS) is 11.1. The topological polar surface area (TPSA) is 0 Å². The molecule has 126 heavy (non-hydrogen) atoms. The first-order valence-electron chi connectivity index (χ1n) is 46.2. The molecule has 0 nitrogen and oxygen atoms in total. The molecule has 0 atom stereocenters. The molecule has 0 aliphatic heterocycles. The van der Waals surface area contributed by atoms with Crippen molar-refractivity contribution in [3.63, 3.8) is 0 Å². The molecule has 0 aromatic heterocycles. The Morgan fingerprint density at radius 3 is 0.270 bits per heavy atom. The number of aryl methyl sites for hydroxylation is 16. The van der Waals surface area contributed by atoms with Gasteiger partial charge in [-0.3, -0.25) is 13.2 Å². The Hall–Kier alpha value is -11.7. The first-order valence-corrected chi connectivity index (χ1v) is 46.2. The molecule has 0 amide bonds. The predicted octanol–water partition coefficient (Wildman–Crippen LogP) is 34.4. The van der Waals surface area contributed by atoms with Gasteiger partial charge in [0.1, 0.15) is 0 Å². The van der Waals surface area contributed by atoms with E-state index >= 15 is 0 Å². The molecule has 0 fully saturated rings. The quantitative estimate of drug-likeness (QED) is 0.0336. The molecule has 0 unspecified atom stereocenters. The molecular formula is C123H145F3. The Morgan fingerprint density at radius 1 is 0.119 bits per heavy atom. The van der Waals surface area contributed by atoms with Crippen LogP contribution in [0, 0.1) is 0 Å². The van der Waals surface area contributed by atoms with Crippen molar-refractivity contribution in [3.05, 3.63) is 477 Å². The standard InChI is InChI=1S/4C30H34.3CH3F/c4*1-3-5-7-9-25-11-13-27(14-12-25)15-16-28-19-23-30(24-20-28)29-21-17-26(18-22-29)10-8-6-4-2;3*1-2/h4*3-6,11-14,17-24H,7-10,15-16H2,1-2H3;3*1H3. The molecule has 12 aromatic carbocycles. The average molecular weight is 1680 g/mol. The fourth-order valence-electron chi connectivity index (χ4n) is 14.9. The summed E-state index contributed by atoms with van der Waals surface area (Å²) in [5, 5.41) is 0. The van der Waals surface area contributed by atoms with E-state index in [4.69, 9.17) is 0 Å². The number of allylic oxidation sites excluding steroid dienone is 16. The Kier molecular flexibility index (Phi) is 53.2. The lowest BCUT2D eigenvalue weighted by Gasteiger charge is -2.07. The zero-order valence-corrected chi connectivity index (χ0v) is 78.1. The van der Waals surface area contributed by atoms with Crippen LogP contribution in [0.1, 0.15) is 196 Å². The number of halogens is 3. The number of hydrogen-bond acceptors (Lipinski definition) is 0. The number of rotatable bonds is 40. The van der Waals surface area contributed by atoms with E-state index in [1.165, 1.54) is 134 Å². The largest absolute Gasteiger partial charge is 0.255 e. The van der Waals surface area contributed by atoms with E-state index in [2.05, 4.69) is 444 Å². The van der Waals surface area contributed by atoms with Crippen LogP contribution >= 0.6 is 0 Å². The van der Waals surface area contributed by atoms with Crippen LogP contribution < -0.4 is 0 Å². The van der Waals surface area contributed by atoms with E-state index in [1.807, 2.05) is 0 Å². The van der Waals surface area contributed by atoms with Gasteiger partial charge in [-0.2, -0.15) is 0 Å². The highest BCUT2D eigenvalue weighted by atomic mass is 19.1. The van der Waals surface area contributed by atoms with Crippen LogP contribution in [0.4, 0.5) is 13.2 Å². The molecule has 0 radical (unpaired) electrons. The third kappa shape index (κ3) is 41.0. The van der Waals surface area contributed by atoms with Gasteiger partial charge in [0.05, 0.1) is 21.5 Å². The molecule has 0 aliphatic carbocycles. The summed E-state index contributed by atoms with van der Waals surface area (Å²) in [5.41, 5.74) is 33.0. The summed E-state index contributed by atoms with van der Waals surface area (Å²) in [4.78, 5) is 0. The zero-order chi connectivity index (χ0) is 90.1. The second kappa shape index (κ2) is 65.0. The summed E-state index contributed by atoms with van der Waals surface area (Å²) in [6.45, 7) is 16.6. The molecule has 12 aromatic rings. The van der Waals surface area contributed by atoms with Crippen molar-refractivity contribution in [1.82, 2.24) is 0 Å². The van der Waals surface area contributed by atoms with Crippen molar-refractivity contribution >= 4 is 0 Å². The van der Waals surface area contributed by atoms with Crippen LogP contribution in [0.25, 0.3) is 44.5 Å². The summed E-state index contributed by atoms with van der Waals surface area (Å²) in [5.74, 6) is 0. The van der Waals surface area contributed by atoms with Crippen LogP contribution in [0.15, 0.2) is 388 Å². The maximum absolute atomic E-state index is 9.50. The SMILES string of the molecule is CC=CCCc1ccc(CCc2ccc(-c3ccc(CCC=CC)cc3)cc2)cc1.CC=CCCc1ccc(CCc2ccc(-c3ccc(CCC=CC)cc3)cc2)cc1.CC=CCCc1ccc(CCc2ccc(-c3ccc(CCC=CC)cc3)cc2)cc1.CC=CCCc1ccc(CCc2ccc(-c3ccc(CCC=CC)cc3)cc2)cc1.CF.CF.CF. The molecule has 0 saturated carbocycles. The molecule has 0 bridgehead atoms. The van der Waals surface area contributed by atoms with E-state index < -0.39 is 0 Å². The van der Waals surface area contributed by atoms with Crippen LogP contribution in [-0.2, 0) is 103 Å². The Balaban J connectivity index is 0.000000254. The van der Waals surface area contributed by atoms with E-state index in [1.54, 1.807) is 0 Å². The van der Waals surface area contributed by atoms with Gasteiger partial charge in [-0.1, -0.05) is 388 Å². The molecule has 12 rings (SSSR count). The average Bonchev–Trinajstić information content (AvgIpc) is 0.861. The second-order valence-corrected chi connectivity index (χ2v) is 31.7. The van der Waals surface area contributed by atoms with Crippen LogP contribution in [0.3, 0.4) is 0 Å². The molecule has 658 valence electrons. The fraction of sp³-hybridized carbons (Fsp3) is 0.285. The highest BCUT2D eigenvalue weighted by Crippen LogP contribution is 2.28. The van der Waals surface area contributed by atoms with Gasteiger partial charge < -0.3 is 0 Å². The van der Waals surface area contributed by atoms with Gasteiger partial charge in [-0.25, -0.2) is 0 Å². The maximum Gasteiger partial charge on any atom is 0.0785 e. The van der Waals surface area contributed by atoms with Gasteiger partial charge in [0.25, 0.3) is 0 Å².